The Bertz CT molecular complexity index is 1390. The van der Waals surface area contributed by atoms with Gasteiger partial charge in [-0.05, 0) is 66.2 Å². The van der Waals surface area contributed by atoms with E-state index in [1.54, 1.807) is 18.2 Å². The molecule has 3 heterocycles. The Hall–Kier alpha value is -3.23. The van der Waals surface area contributed by atoms with Crippen molar-refractivity contribution in [1.29, 1.82) is 0 Å². The van der Waals surface area contributed by atoms with Gasteiger partial charge in [0.1, 0.15) is 10.5 Å². The van der Waals surface area contributed by atoms with E-state index in [-0.39, 0.29) is 23.2 Å². The Kier molecular flexibility index (Phi) is 6.34. The third-order valence-electron chi connectivity index (χ3n) is 6.05. The molecule has 0 atom stereocenters. The van der Waals surface area contributed by atoms with Gasteiger partial charge in [-0.15, -0.1) is 11.3 Å². The number of hydrogen-bond acceptors (Lipinski definition) is 5. The van der Waals surface area contributed by atoms with Gasteiger partial charge < -0.3 is 10.2 Å². The fourth-order valence-electron chi connectivity index (χ4n) is 4.26. The monoisotopic (exact) mass is 496 g/mol. The Morgan fingerprint density at radius 1 is 1.15 bits per heavy atom. The van der Waals surface area contributed by atoms with Crippen LogP contribution in [0.15, 0.2) is 64.8 Å². The maximum absolute atomic E-state index is 13.5. The Balaban J connectivity index is 1.34. The normalized spacial score (nSPS) is 14.5. The zero-order valence-electron chi connectivity index (χ0n) is 18.2. The molecule has 0 spiro atoms. The van der Waals surface area contributed by atoms with Gasteiger partial charge in [-0.1, -0.05) is 23.7 Å². The van der Waals surface area contributed by atoms with Crippen LogP contribution in [0.1, 0.15) is 18.4 Å². The number of anilines is 1. The molecule has 1 N–H and O–H groups in total. The number of nitrogens with one attached hydrogen (secondary N) is 1. The van der Waals surface area contributed by atoms with Crippen LogP contribution >= 0.6 is 22.9 Å². The third kappa shape index (κ3) is 4.56. The molecule has 1 amide bonds. The molecule has 2 aromatic heterocycles. The highest BCUT2D eigenvalue weighted by molar-refractivity contribution is 7.17. The summed E-state index contributed by atoms with van der Waals surface area (Å²) >= 11 is 7.36. The molecule has 5 rings (SSSR count). The smallest absolute Gasteiger partial charge is 0.277 e. The van der Waals surface area contributed by atoms with Crippen LogP contribution in [0.3, 0.4) is 0 Å². The first-order valence-electron chi connectivity index (χ1n) is 11.0. The summed E-state index contributed by atoms with van der Waals surface area (Å²) in [4.78, 5) is 32.8. The quantitative estimate of drug-likeness (QED) is 0.432. The van der Waals surface area contributed by atoms with E-state index >= 15 is 0 Å². The molecule has 0 aliphatic carbocycles. The maximum atomic E-state index is 13.5. The largest absolute Gasteiger partial charge is 0.352 e. The molecule has 6 nitrogen and oxygen atoms in total. The zero-order valence-corrected chi connectivity index (χ0v) is 19.8. The van der Waals surface area contributed by atoms with Crippen molar-refractivity contribution in [2.75, 3.05) is 18.0 Å². The second kappa shape index (κ2) is 9.56. The lowest BCUT2D eigenvalue weighted by Gasteiger charge is -2.33. The standard InChI is InChI=1S/C25H22ClFN4O2S/c26-18-3-1-2-16(14-18)15-28-23(32)17-8-11-30(12-9-17)25-29-21-10-13-34-22(21)24(33)31(25)20-6-4-19(27)5-7-20/h1-7,10,13-14,17H,8-9,11-12,15H2,(H,28,32). The lowest BCUT2D eigenvalue weighted by Crippen LogP contribution is -2.42. The molecule has 1 saturated heterocycles. The topological polar surface area (TPSA) is 67.2 Å². The molecular weight excluding hydrogens is 475 g/mol. The zero-order chi connectivity index (χ0) is 23.7. The molecule has 2 aromatic carbocycles. The van der Waals surface area contributed by atoms with Crippen LogP contribution in [-0.2, 0) is 11.3 Å². The Labute approximate surface area is 204 Å². The van der Waals surface area contributed by atoms with Gasteiger partial charge >= 0.3 is 0 Å². The molecule has 0 radical (unpaired) electrons. The number of fused-ring (bicyclic) bond motifs is 1. The number of carbonyl (C=O) groups excluding carboxylic acids is 1. The van der Waals surface area contributed by atoms with Crippen molar-refractivity contribution in [3.05, 3.63) is 86.7 Å². The summed E-state index contributed by atoms with van der Waals surface area (Å²) in [5, 5.41) is 5.48. The lowest BCUT2D eigenvalue weighted by atomic mass is 9.96. The van der Waals surface area contributed by atoms with Crippen molar-refractivity contribution in [2.24, 2.45) is 5.92 Å². The second-order valence-electron chi connectivity index (χ2n) is 8.27. The molecule has 0 saturated carbocycles. The second-order valence-corrected chi connectivity index (χ2v) is 9.63. The van der Waals surface area contributed by atoms with Crippen LogP contribution in [0.5, 0.6) is 0 Å². The van der Waals surface area contributed by atoms with Crippen LogP contribution < -0.4 is 15.8 Å². The first kappa shape index (κ1) is 22.6. The molecule has 0 bridgehead atoms. The van der Waals surface area contributed by atoms with E-state index in [0.29, 0.717) is 59.4 Å². The van der Waals surface area contributed by atoms with Crippen LogP contribution in [0.4, 0.5) is 10.3 Å². The number of carbonyl (C=O) groups is 1. The van der Waals surface area contributed by atoms with Crippen molar-refractivity contribution in [2.45, 2.75) is 19.4 Å². The van der Waals surface area contributed by atoms with Crippen molar-refractivity contribution in [3.8, 4) is 5.69 Å². The summed E-state index contributed by atoms with van der Waals surface area (Å²) in [5.41, 5.74) is 1.98. The number of halogens is 2. The number of hydrogen-bond donors (Lipinski definition) is 1. The molecule has 174 valence electrons. The van der Waals surface area contributed by atoms with Crippen molar-refractivity contribution in [3.63, 3.8) is 0 Å². The van der Waals surface area contributed by atoms with E-state index < -0.39 is 0 Å². The summed E-state index contributed by atoms with van der Waals surface area (Å²) in [6.45, 7) is 1.59. The molecule has 9 heteroatoms. The summed E-state index contributed by atoms with van der Waals surface area (Å²) in [6, 6.07) is 15.1. The van der Waals surface area contributed by atoms with E-state index in [1.165, 1.54) is 28.0 Å². The first-order valence-corrected chi connectivity index (χ1v) is 12.3. The minimum absolute atomic E-state index is 0.0109. The van der Waals surface area contributed by atoms with E-state index in [0.717, 1.165) is 5.56 Å². The molecule has 1 fully saturated rings. The van der Waals surface area contributed by atoms with Gasteiger partial charge in [0.2, 0.25) is 11.9 Å². The number of benzene rings is 2. The highest BCUT2D eigenvalue weighted by atomic mass is 35.5. The van der Waals surface area contributed by atoms with Gasteiger partial charge in [0, 0.05) is 30.6 Å². The third-order valence-corrected chi connectivity index (χ3v) is 7.18. The number of rotatable bonds is 5. The Morgan fingerprint density at radius 3 is 2.65 bits per heavy atom. The number of thiophene rings is 1. The van der Waals surface area contributed by atoms with Gasteiger partial charge in [0.25, 0.3) is 5.56 Å². The van der Waals surface area contributed by atoms with Gasteiger partial charge in [0.05, 0.1) is 11.2 Å². The maximum Gasteiger partial charge on any atom is 0.277 e. The Morgan fingerprint density at radius 2 is 1.91 bits per heavy atom. The van der Waals surface area contributed by atoms with Gasteiger partial charge in [-0.25, -0.2) is 13.9 Å². The average Bonchev–Trinajstić information content (AvgIpc) is 3.33. The molecular formula is C25H22ClFN4O2S. The summed E-state index contributed by atoms with van der Waals surface area (Å²) in [6.07, 6.45) is 1.28. The minimum atomic E-state index is -0.367. The SMILES string of the molecule is O=C(NCc1cccc(Cl)c1)C1CCN(c2nc3ccsc3c(=O)n2-c2ccc(F)cc2)CC1. The summed E-state index contributed by atoms with van der Waals surface area (Å²) in [7, 11) is 0. The van der Waals surface area contributed by atoms with Crippen LogP contribution in [0.2, 0.25) is 5.02 Å². The van der Waals surface area contributed by atoms with E-state index in [4.69, 9.17) is 16.6 Å². The van der Waals surface area contributed by atoms with Gasteiger partial charge in [0.15, 0.2) is 0 Å². The number of amides is 1. The molecule has 34 heavy (non-hydrogen) atoms. The number of nitrogens with zero attached hydrogens (tertiary/aromatic N) is 3. The predicted octanol–water partition coefficient (Wildman–Crippen LogP) is 4.77. The van der Waals surface area contributed by atoms with Gasteiger partial charge in [-0.3, -0.25) is 9.59 Å². The molecule has 1 aliphatic heterocycles. The van der Waals surface area contributed by atoms with Crippen molar-refractivity contribution in [1.82, 2.24) is 14.9 Å². The number of piperidine rings is 1. The molecule has 1 aliphatic rings. The van der Waals surface area contributed by atoms with Crippen molar-refractivity contribution < 1.29 is 9.18 Å². The average molecular weight is 497 g/mol. The molecule has 0 unspecified atom stereocenters. The van der Waals surface area contributed by atoms with Crippen LogP contribution in [-0.4, -0.2) is 28.5 Å². The summed E-state index contributed by atoms with van der Waals surface area (Å²) < 4.78 is 15.6. The van der Waals surface area contributed by atoms with E-state index in [2.05, 4.69) is 5.32 Å². The number of aromatic nitrogens is 2. The lowest BCUT2D eigenvalue weighted by molar-refractivity contribution is -0.125. The highest BCUT2D eigenvalue weighted by Gasteiger charge is 2.28. The highest BCUT2D eigenvalue weighted by Crippen LogP contribution is 2.26. The fraction of sp³-hybridized carbons (Fsp3) is 0.240. The van der Waals surface area contributed by atoms with E-state index in [9.17, 15) is 14.0 Å². The fourth-order valence-corrected chi connectivity index (χ4v) is 5.23. The molecule has 4 aromatic rings. The van der Waals surface area contributed by atoms with Crippen molar-refractivity contribution >= 4 is 45.0 Å². The summed E-state index contributed by atoms with van der Waals surface area (Å²) in [5.74, 6) is 0.0384. The minimum Gasteiger partial charge on any atom is -0.352 e. The van der Waals surface area contributed by atoms with Gasteiger partial charge in [-0.2, -0.15) is 0 Å². The predicted molar refractivity (Wildman–Crippen MR) is 133 cm³/mol. The van der Waals surface area contributed by atoms with Crippen LogP contribution in [0.25, 0.3) is 15.9 Å². The first-order chi connectivity index (χ1) is 16.5. The van der Waals surface area contributed by atoms with E-state index in [1.807, 2.05) is 34.5 Å². The van der Waals surface area contributed by atoms with Crippen LogP contribution in [0, 0.1) is 11.7 Å².